The van der Waals surface area contributed by atoms with E-state index in [0.717, 1.165) is 63.3 Å². The number of nitrogens with zero attached hydrogens (tertiary/aromatic N) is 3. The lowest BCUT2D eigenvalue weighted by atomic mass is 10.2. The first-order chi connectivity index (χ1) is 13.0. The number of hydrogen-bond donors (Lipinski definition) is 3. The molecule has 8 nitrogen and oxygen atoms in total. The first-order valence-electron chi connectivity index (χ1n) is 9.31. The number of piperazine rings is 1. The van der Waals surface area contributed by atoms with Gasteiger partial charge in [0.2, 0.25) is 11.8 Å². The van der Waals surface area contributed by atoms with Gasteiger partial charge in [0, 0.05) is 33.1 Å². The quantitative estimate of drug-likeness (QED) is 0.740. The fourth-order valence-corrected chi connectivity index (χ4v) is 3.32. The van der Waals surface area contributed by atoms with E-state index in [1.54, 1.807) is 0 Å². The Morgan fingerprint density at radius 1 is 1.22 bits per heavy atom. The number of ether oxygens (including phenoxy) is 1. The number of carboxylic acid groups (broad SMARTS) is 1. The monoisotopic (exact) mass is 374 g/mol. The van der Waals surface area contributed by atoms with Gasteiger partial charge in [0.25, 0.3) is 5.97 Å². The van der Waals surface area contributed by atoms with Gasteiger partial charge in [-0.15, -0.1) is 0 Å². The SMILES string of the molecule is CC(=O)O.O[C@H]1CCC[C@H]1Oc1nc(N2CCNCC2)nc2ccccc12. The van der Waals surface area contributed by atoms with Gasteiger partial charge >= 0.3 is 0 Å². The molecule has 2 atom stereocenters. The van der Waals surface area contributed by atoms with Crippen LogP contribution in [-0.2, 0) is 4.79 Å². The van der Waals surface area contributed by atoms with Crippen molar-refractivity contribution in [1.29, 1.82) is 0 Å². The molecule has 2 heterocycles. The number of nitrogens with one attached hydrogen (secondary N) is 1. The van der Waals surface area contributed by atoms with Crippen LogP contribution in [0.2, 0.25) is 0 Å². The van der Waals surface area contributed by atoms with Gasteiger partial charge < -0.3 is 25.2 Å². The highest BCUT2D eigenvalue weighted by Gasteiger charge is 2.28. The van der Waals surface area contributed by atoms with E-state index < -0.39 is 12.1 Å². The maximum absolute atomic E-state index is 10.1. The van der Waals surface area contributed by atoms with Crippen LogP contribution in [0.4, 0.5) is 5.95 Å². The van der Waals surface area contributed by atoms with Crippen LogP contribution in [-0.4, -0.2) is 64.5 Å². The first-order valence-corrected chi connectivity index (χ1v) is 9.31. The number of fused-ring (bicyclic) bond motifs is 1. The van der Waals surface area contributed by atoms with Gasteiger partial charge in [-0.1, -0.05) is 12.1 Å². The van der Waals surface area contributed by atoms with Gasteiger partial charge in [-0.25, -0.2) is 4.98 Å². The lowest BCUT2D eigenvalue weighted by Crippen LogP contribution is -2.44. The van der Waals surface area contributed by atoms with Gasteiger partial charge in [-0.2, -0.15) is 4.98 Å². The van der Waals surface area contributed by atoms with Crippen molar-refractivity contribution in [2.75, 3.05) is 31.1 Å². The Balaban J connectivity index is 0.000000481. The molecule has 0 bridgehead atoms. The summed E-state index contributed by atoms with van der Waals surface area (Å²) in [5, 5.41) is 21.7. The van der Waals surface area contributed by atoms with Crippen molar-refractivity contribution in [1.82, 2.24) is 15.3 Å². The molecule has 2 aliphatic rings. The molecule has 4 rings (SSSR count). The molecule has 0 radical (unpaired) electrons. The second-order valence-corrected chi connectivity index (χ2v) is 6.76. The maximum atomic E-state index is 10.1. The predicted molar refractivity (Wildman–Crippen MR) is 102 cm³/mol. The predicted octanol–water partition coefficient (Wildman–Crippen LogP) is 1.42. The van der Waals surface area contributed by atoms with Crippen molar-refractivity contribution in [2.24, 2.45) is 0 Å². The summed E-state index contributed by atoms with van der Waals surface area (Å²) in [4.78, 5) is 20.6. The van der Waals surface area contributed by atoms with Crippen LogP contribution in [0.5, 0.6) is 5.88 Å². The summed E-state index contributed by atoms with van der Waals surface area (Å²) in [7, 11) is 0. The molecule has 3 N–H and O–H groups in total. The summed E-state index contributed by atoms with van der Waals surface area (Å²) >= 11 is 0. The Morgan fingerprint density at radius 2 is 1.93 bits per heavy atom. The number of aliphatic hydroxyl groups excluding tert-OH is 1. The molecule has 1 aliphatic heterocycles. The molecule has 1 saturated heterocycles. The highest BCUT2D eigenvalue weighted by Crippen LogP contribution is 2.30. The third-order valence-corrected chi connectivity index (χ3v) is 4.64. The largest absolute Gasteiger partial charge is 0.481 e. The van der Waals surface area contributed by atoms with Gasteiger partial charge in [0.05, 0.1) is 17.0 Å². The number of carbonyl (C=O) groups is 1. The zero-order valence-corrected chi connectivity index (χ0v) is 15.5. The van der Waals surface area contributed by atoms with E-state index in [-0.39, 0.29) is 6.10 Å². The third-order valence-electron chi connectivity index (χ3n) is 4.64. The van der Waals surface area contributed by atoms with E-state index in [2.05, 4.69) is 15.2 Å². The van der Waals surface area contributed by atoms with Crippen LogP contribution in [0.15, 0.2) is 24.3 Å². The van der Waals surface area contributed by atoms with Crippen molar-refractivity contribution in [2.45, 2.75) is 38.4 Å². The number of aromatic nitrogens is 2. The van der Waals surface area contributed by atoms with Crippen molar-refractivity contribution < 1.29 is 19.7 Å². The molecule has 8 heteroatoms. The summed E-state index contributed by atoms with van der Waals surface area (Å²) in [6.07, 6.45) is 2.12. The summed E-state index contributed by atoms with van der Waals surface area (Å²) in [6, 6.07) is 7.91. The van der Waals surface area contributed by atoms with Gasteiger partial charge in [-0.05, 0) is 31.4 Å². The molecule has 1 aromatic carbocycles. The number of aliphatic carboxylic acids is 1. The summed E-state index contributed by atoms with van der Waals surface area (Å²) in [6.45, 7) is 4.75. The normalized spacial score (nSPS) is 22.2. The zero-order valence-electron chi connectivity index (χ0n) is 15.5. The van der Waals surface area contributed by atoms with Crippen molar-refractivity contribution in [3.8, 4) is 5.88 Å². The van der Waals surface area contributed by atoms with E-state index in [4.69, 9.17) is 19.6 Å². The molecule has 2 fully saturated rings. The molecule has 27 heavy (non-hydrogen) atoms. The Bertz CT molecular complexity index is 775. The minimum atomic E-state index is -0.833. The number of rotatable bonds is 3. The van der Waals surface area contributed by atoms with E-state index in [0.29, 0.717) is 11.8 Å². The number of carboxylic acids is 1. The minimum Gasteiger partial charge on any atom is -0.481 e. The molecule has 0 spiro atoms. The van der Waals surface area contributed by atoms with Gasteiger partial charge in [0.1, 0.15) is 6.10 Å². The molecule has 0 amide bonds. The number of benzene rings is 1. The average molecular weight is 374 g/mol. The molecule has 1 saturated carbocycles. The molecule has 1 aliphatic carbocycles. The number of para-hydroxylation sites is 1. The van der Waals surface area contributed by atoms with E-state index in [1.165, 1.54) is 0 Å². The summed E-state index contributed by atoms with van der Waals surface area (Å²) in [5.41, 5.74) is 0.888. The fraction of sp³-hybridized carbons (Fsp3) is 0.526. The minimum absolute atomic E-state index is 0.163. The Labute approximate surface area is 158 Å². The van der Waals surface area contributed by atoms with E-state index in [9.17, 15) is 5.11 Å². The fourth-order valence-electron chi connectivity index (χ4n) is 3.32. The third kappa shape index (κ3) is 5.05. The maximum Gasteiger partial charge on any atom is 0.300 e. The second kappa shape index (κ2) is 8.96. The summed E-state index contributed by atoms with van der Waals surface area (Å²) < 4.78 is 6.09. The standard InChI is InChI=1S/C17H22N4O2.C2H4O2/c22-14-6-3-7-15(14)23-16-12-4-1-2-5-13(12)19-17(20-16)21-10-8-18-9-11-21;1-2(3)4/h1-2,4-5,14-15,18,22H,3,6-11H2;1H3,(H,3,4)/t14-,15+;/m0./s1. The van der Waals surface area contributed by atoms with Crippen molar-refractivity contribution in [3.05, 3.63) is 24.3 Å². The average Bonchev–Trinajstić information content (AvgIpc) is 3.06. The molecule has 146 valence electrons. The molecule has 1 aromatic heterocycles. The molecular formula is C19H26N4O4. The number of anilines is 1. The van der Waals surface area contributed by atoms with Gasteiger partial charge in [0.15, 0.2) is 0 Å². The van der Waals surface area contributed by atoms with Crippen LogP contribution in [0.3, 0.4) is 0 Å². The molecule has 0 unspecified atom stereocenters. The van der Waals surface area contributed by atoms with Crippen molar-refractivity contribution in [3.63, 3.8) is 0 Å². The van der Waals surface area contributed by atoms with Crippen LogP contribution in [0, 0.1) is 0 Å². The summed E-state index contributed by atoms with van der Waals surface area (Å²) in [5.74, 6) is 0.475. The highest BCUT2D eigenvalue weighted by atomic mass is 16.5. The topological polar surface area (TPSA) is 108 Å². The molecule has 2 aromatic rings. The lowest BCUT2D eigenvalue weighted by molar-refractivity contribution is -0.134. The molecular weight excluding hydrogens is 348 g/mol. The number of hydrogen-bond acceptors (Lipinski definition) is 7. The van der Waals surface area contributed by atoms with Crippen LogP contribution in [0.1, 0.15) is 26.2 Å². The zero-order chi connectivity index (χ0) is 19.2. The smallest absolute Gasteiger partial charge is 0.300 e. The Kier molecular flexibility index (Phi) is 6.41. The first kappa shape index (κ1) is 19.3. The van der Waals surface area contributed by atoms with E-state index in [1.807, 2.05) is 24.3 Å². The lowest BCUT2D eigenvalue weighted by Gasteiger charge is -2.28. The van der Waals surface area contributed by atoms with Gasteiger partial charge in [-0.3, -0.25) is 4.79 Å². The van der Waals surface area contributed by atoms with Crippen LogP contribution in [0.25, 0.3) is 10.9 Å². The highest BCUT2D eigenvalue weighted by molar-refractivity contribution is 5.84. The van der Waals surface area contributed by atoms with Crippen LogP contribution >= 0.6 is 0 Å². The van der Waals surface area contributed by atoms with Crippen LogP contribution < -0.4 is 15.0 Å². The Morgan fingerprint density at radius 3 is 2.59 bits per heavy atom. The second-order valence-electron chi connectivity index (χ2n) is 6.76. The number of aliphatic hydroxyl groups is 1. The van der Waals surface area contributed by atoms with E-state index >= 15 is 0 Å². The van der Waals surface area contributed by atoms with Crippen molar-refractivity contribution >= 4 is 22.8 Å². The Hall–Kier alpha value is -2.45.